The summed E-state index contributed by atoms with van der Waals surface area (Å²) in [4.78, 5) is 12.5. The smallest absolute Gasteiger partial charge is 0.416 e. The molecule has 0 aliphatic heterocycles. The summed E-state index contributed by atoms with van der Waals surface area (Å²) in [5, 5.41) is 9.57. The van der Waals surface area contributed by atoms with Crippen LogP contribution in [0, 0.1) is 0 Å². The SMILES string of the molecule is COc1ccc(-c2nnc(SC(C)C(=O)Nc3cc(C(F)(F)F)ccc3Cl)o2)c(OC)c1. The van der Waals surface area contributed by atoms with E-state index >= 15 is 0 Å². The van der Waals surface area contributed by atoms with Crippen molar-refractivity contribution in [3.05, 3.63) is 47.0 Å². The first kappa shape index (κ1) is 23.7. The van der Waals surface area contributed by atoms with Crippen LogP contribution in [-0.4, -0.2) is 35.6 Å². The first-order chi connectivity index (χ1) is 15.1. The van der Waals surface area contributed by atoms with E-state index in [1.807, 2.05) is 0 Å². The number of nitrogens with zero attached hydrogens (tertiary/aromatic N) is 2. The molecule has 1 N–H and O–H groups in total. The van der Waals surface area contributed by atoms with Gasteiger partial charge in [0.25, 0.3) is 11.1 Å². The van der Waals surface area contributed by atoms with E-state index in [2.05, 4.69) is 15.5 Å². The summed E-state index contributed by atoms with van der Waals surface area (Å²) in [5.41, 5.74) is -0.541. The van der Waals surface area contributed by atoms with Gasteiger partial charge in [0.1, 0.15) is 11.5 Å². The molecule has 32 heavy (non-hydrogen) atoms. The highest BCUT2D eigenvalue weighted by molar-refractivity contribution is 8.00. The highest BCUT2D eigenvalue weighted by Gasteiger charge is 2.31. The molecule has 1 unspecified atom stereocenters. The fraction of sp³-hybridized carbons (Fsp3) is 0.250. The first-order valence-corrected chi connectivity index (χ1v) is 10.3. The molecule has 1 aromatic heterocycles. The molecule has 0 saturated carbocycles. The molecule has 1 atom stereocenters. The number of hydrogen-bond acceptors (Lipinski definition) is 7. The van der Waals surface area contributed by atoms with E-state index in [0.717, 1.165) is 30.0 Å². The molecule has 0 fully saturated rings. The van der Waals surface area contributed by atoms with Crippen LogP contribution in [0.1, 0.15) is 12.5 Å². The van der Waals surface area contributed by atoms with Crippen LogP contribution < -0.4 is 14.8 Å². The molecule has 0 aliphatic carbocycles. The van der Waals surface area contributed by atoms with Gasteiger partial charge in [0.05, 0.1) is 41.3 Å². The van der Waals surface area contributed by atoms with Crippen LogP contribution in [0.4, 0.5) is 18.9 Å². The minimum absolute atomic E-state index is 0.0183. The van der Waals surface area contributed by atoms with Crippen LogP contribution in [-0.2, 0) is 11.0 Å². The summed E-state index contributed by atoms with van der Waals surface area (Å²) in [7, 11) is 3.00. The Morgan fingerprint density at radius 1 is 1.16 bits per heavy atom. The molecule has 2 aromatic carbocycles. The minimum Gasteiger partial charge on any atom is -0.497 e. The summed E-state index contributed by atoms with van der Waals surface area (Å²) in [6, 6.07) is 7.72. The number of rotatable bonds is 7. The molecule has 1 heterocycles. The molecule has 7 nitrogen and oxygen atoms in total. The van der Waals surface area contributed by atoms with Crippen LogP contribution in [0.2, 0.25) is 5.02 Å². The molecule has 3 rings (SSSR count). The van der Waals surface area contributed by atoms with E-state index in [-0.39, 0.29) is 21.8 Å². The molecule has 0 aliphatic rings. The maximum atomic E-state index is 12.9. The van der Waals surface area contributed by atoms with Crippen LogP contribution in [0.3, 0.4) is 0 Å². The largest absolute Gasteiger partial charge is 0.497 e. The standard InChI is InChI=1S/C20H17ClF3N3O4S/c1-10(17(28)25-15-8-11(20(22,23)24)4-7-14(15)21)32-19-27-26-18(31-19)13-6-5-12(29-2)9-16(13)30-3/h4-10H,1-3H3,(H,25,28). The third kappa shape index (κ3) is 5.46. The van der Waals surface area contributed by atoms with E-state index in [0.29, 0.717) is 17.1 Å². The van der Waals surface area contributed by atoms with Crippen molar-refractivity contribution >= 4 is 35.0 Å². The lowest BCUT2D eigenvalue weighted by Gasteiger charge is -2.13. The van der Waals surface area contributed by atoms with Crippen molar-refractivity contribution in [1.82, 2.24) is 10.2 Å². The summed E-state index contributed by atoms with van der Waals surface area (Å²) < 4.78 is 54.8. The number of hydrogen-bond donors (Lipinski definition) is 1. The molecule has 170 valence electrons. The van der Waals surface area contributed by atoms with E-state index in [4.69, 9.17) is 25.5 Å². The zero-order chi connectivity index (χ0) is 23.5. The fourth-order valence-corrected chi connectivity index (χ4v) is 3.43. The van der Waals surface area contributed by atoms with Crippen molar-refractivity contribution in [2.24, 2.45) is 0 Å². The Morgan fingerprint density at radius 2 is 1.91 bits per heavy atom. The fourth-order valence-electron chi connectivity index (χ4n) is 2.58. The lowest BCUT2D eigenvalue weighted by atomic mass is 10.2. The van der Waals surface area contributed by atoms with Crippen molar-refractivity contribution in [3.63, 3.8) is 0 Å². The predicted molar refractivity (Wildman–Crippen MR) is 113 cm³/mol. The zero-order valence-electron chi connectivity index (χ0n) is 17.0. The molecule has 0 radical (unpaired) electrons. The maximum absolute atomic E-state index is 12.9. The quantitative estimate of drug-likeness (QED) is 0.437. The summed E-state index contributed by atoms with van der Waals surface area (Å²) in [6.45, 7) is 1.54. The van der Waals surface area contributed by atoms with Gasteiger partial charge >= 0.3 is 6.18 Å². The highest BCUT2D eigenvalue weighted by atomic mass is 35.5. The number of methoxy groups -OCH3 is 2. The second kappa shape index (κ2) is 9.70. The first-order valence-electron chi connectivity index (χ1n) is 9.02. The number of amides is 1. The van der Waals surface area contributed by atoms with Gasteiger partial charge < -0.3 is 19.2 Å². The van der Waals surface area contributed by atoms with Gasteiger partial charge in [0.2, 0.25) is 5.91 Å². The lowest BCUT2D eigenvalue weighted by Crippen LogP contribution is -2.23. The number of nitrogens with one attached hydrogen (secondary N) is 1. The van der Waals surface area contributed by atoms with Gasteiger partial charge in [0.15, 0.2) is 0 Å². The minimum atomic E-state index is -4.56. The van der Waals surface area contributed by atoms with Crippen LogP contribution >= 0.6 is 23.4 Å². The third-order valence-electron chi connectivity index (χ3n) is 4.24. The summed E-state index contributed by atoms with van der Waals surface area (Å²) in [6.07, 6.45) is -4.56. The van der Waals surface area contributed by atoms with Crippen LogP contribution in [0.15, 0.2) is 46.0 Å². The number of ether oxygens (including phenoxy) is 2. The van der Waals surface area contributed by atoms with Gasteiger partial charge in [-0.3, -0.25) is 4.79 Å². The van der Waals surface area contributed by atoms with Gasteiger partial charge in [0, 0.05) is 6.07 Å². The Labute approximate surface area is 190 Å². The number of aromatic nitrogens is 2. The number of carbonyl (C=O) groups excluding carboxylic acids is 1. The Balaban J connectivity index is 1.72. The van der Waals surface area contributed by atoms with Gasteiger partial charge in [-0.2, -0.15) is 13.2 Å². The number of benzene rings is 2. The van der Waals surface area contributed by atoms with Gasteiger partial charge in [-0.1, -0.05) is 23.4 Å². The lowest BCUT2D eigenvalue weighted by molar-refractivity contribution is -0.137. The van der Waals surface area contributed by atoms with Crippen LogP contribution in [0.25, 0.3) is 11.5 Å². The second-order valence-electron chi connectivity index (χ2n) is 6.38. The van der Waals surface area contributed by atoms with Gasteiger partial charge in [-0.15, -0.1) is 10.2 Å². The van der Waals surface area contributed by atoms with Gasteiger partial charge in [-0.05, 0) is 37.3 Å². The second-order valence-corrected chi connectivity index (χ2v) is 8.08. The van der Waals surface area contributed by atoms with Crippen molar-refractivity contribution in [3.8, 4) is 23.0 Å². The van der Waals surface area contributed by atoms with Crippen molar-refractivity contribution in [1.29, 1.82) is 0 Å². The number of alkyl halides is 3. The molecule has 0 bridgehead atoms. The number of anilines is 1. The van der Waals surface area contributed by atoms with Crippen molar-refractivity contribution in [2.45, 2.75) is 23.6 Å². The monoisotopic (exact) mass is 487 g/mol. The maximum Gasteiger partial charge on any atom is 0.416 e. The molecule has 3 aromatic rings. The van der Waals surface area contributed by atoms with Crippen molar-refractivity contribution < 1.29 is 31.9 Å². The van der Waals surface area contributed by atoms with Crippen LogP contribution in [0.5, 0.6) is 11.5 Å². The average Bonchev–Trinajstić information content (AvgIpc) is 3.22. The molecular weight excluding hydrogens is 471 g/mol. The topological polar surface area (TPSA) is 86.5 Å². The molecule has 1 amide bonds. The Bertz CT molecular complexity index is 1120. The average molecular weight is 488 g/mol. The normalized spacial score (nSPS) is 12.3. The zero-order valence-corrected chi connectivity index (χ0v) is 18.6. The number of thioether (sulfide) groups is 1. The Morgan fingerprint density at radius 3 is 2.56 bits per heavy atom. The molecule has 0 saturated heterocycles. The number of halogens is 4. The van der Waals surface area contributed by atoms with Gasteiger partial charge in [-0.25, -0.2) is 0 Å². The van der Waals surface area contributed by atoms with E-state index in [1.165, 1.54) is 14.2 Å². The Kier molecular flexibility index (Phi) is 7.19. The summed E-state index contributed by atoms with van der Waals surface area (Å²) >= 11 is 6.87. The Hall–Kier alpha value is -2.92. The van der Waals surface area contributed by atoms with E-state index in [9.17, 15) is 18.0 Å². The van der Waals surface area contributed by atoms with E-state index < -0.39 is 22.9 Å². The molecule has 12 heteroatoms. The molecular formula is C20H17ClF3N3O4S. The molecule has 0 spiro atoms. The summed E-state index contributed by atoms with van der Waals surface area (Å²) in [5.74, 6) is 0.617. The highest BCUT2D eigenvalue weighted by Crippen LogP contribution is 2.36. The predicted octanol–water partition coefficient (Wildman–Crippen LogP) is 5.55. The van der Waals surface area contributed by atoms with Crippen molar-refractivity contribution in [2.75, 3.05) is 19.5 Å². The van der Waals surface area contributed by atoms with E-state index in [1.54, 1.807) is 25.1 Å². The third-order valence-corrected chi connectivity index (χ3v) is 5.51. The number of carbonyl (C=O) groups is 1.